The van der Waals surface area contributed by atoms with Crippen LogP contribution in [0.2, 0.25) is 0 Å². The number of carbonyl (C=O) groups excluding carboxylic acids is 1. The molecule has 3 heterocycles. The molecule has 0 bridgehead atoms. The Hall–Kier alpha value is -1.28. The Morgan fingerprint density at radius 1 is 1.39 bits per heavy atom. The van der Waals surface area contributed by atoms with Crippen LogP contribution in [-0.2, 0) is 20.8 Å². The van der Waals surface area contributed by atoms with Gasteiger partial charge in [0.1, 0.15) is 5.25 Å². The number of nitrogens with zero attached hydrogens (tertiary/aromatic N) is 4. The molecule has 0 spiro atoms. The summed E-state index contributed by atoms with van der Waals surface area (Å²) in [5, 5.41) is 9.18. The Labute approximate surface area is 140 Å². The van der Waals surface area contributed by atoms with Gasteiger partial charge in [0, 0.05) is 19.7 Å². The third kappa shape index (κ3) is 3.80. The molecule has 2 atom stereocenters. The molecule has 0 unspecified atom stereocenters. The molecule has 3 rings (SSSR count). The molecule has 23 heavy (non-hydrogen) atoms. The van der Waals surface area contributed by atoms with Crippen molar-refractivity contribution in [2.45, 2.75) is 55.7 Å². The topological polar surface area (TPSA) is 69.5 Å². The lowest BCUT2D eigenvalue weighted by molar-refractivity contribution is -0.139. The van der Waals surface area contributed by atoms with Crippen LogP contribution in [0, 0.1) is 0 Å². The molecule has 0 radical (unpaired) electrons. The maximum atomic E-state index is 11.7. The summed E-state index contributed by atoms with van der Waals surface area (Å²) in [6, 6.07) is 0. The predicted molar refractivity (Wildman–Crippen MR) is 87.8 cm³/mol. The Kier molecular flexibility index (Phi) is 5.42. The molecule has 2 aliphatic heterocycles. The van der Waals surface area contributed by atoms with Gasteiger partial charge >= 0.3 is 5.97 Å². The lowest BCUT2D eigenvalue weighted by Gasteiger charge is -2.20. The molecule has 7 nitrogen and oxygen atoms in total. The zero-order chi connectivity index (χ0) is 16.2. The van der Waals surface area contributed by atoms with E-state index in [1.54, 1.807) is 0 Å². The first-order valence-electron chi connectivity index (χ1n) is 8.23. The van der Waals surface area contributed by atoms with Gasteiger partial charge in [0.05, 0.1) is 19.8 Å². The molecule has 2 aliphatic rings. The average molecular weight is 340 g/mol. The number of methoxy groups -OCH3 is 1. The highest BCUT2D eigenvalue weighted by Crippen LogP contribution is 2.29. The minimum atomic E-state index is -0.307. The van der Waals surface area contributed by atoms with Crippen molar-refractivity contribution in [1.82, 2.24) is 14.8 Å². The number of rotatable bonds is 6. The maximum Gasteiger partial charge on any atom is 0.318 e. The Morgan fingerprint density at radius 3 is 2.83 bits per heavy atom. The van der Waals surface area contributed by atoms with E-state index in [2.05, 4.69) is 19.7 Å². The minimum Gasteiger partial charge on any atom is -0.468 e. The summed E-state index contributed by atoms with van der Waals surface area (Å²) in [6.45, 7) is 5.43. The Bertz CT molecular complexity index is 539. The zero-order valence-electron chi connectivity index (χ0n) is 13.7. The van der Waals surface area contributed by atoms with Gasteiger partial charge < -0.3 is 14.4 Å². The molecule has 0 N–H and O–H groups in total. The van der Waals surface area contributed by atoms with Crippen LogP contribution in [0.5, 0.6) is 0 Å². The summed E-state index contributed by atoms with van der Waals surface area (Å²) in [5.74, 6) is 0.655. The number of ether oxygens (including phenoxy) is 2. The van der Waals surface area contributed by atoms with E-state index in [4.69, 9.17) is 9.47 Å². The average Bonchev–Trinajstić information content (AvgIpc) is 3.29. The number of esters is 1. The number of carbonyl (C=O) groups is 1. The van der Waals surface area contributed by atoms with E-state index < -0.39 is 0 Å². The fourth-order valence-corrected chi connectivity index (χ4v) is 3.92. The van der Waals surface area contributed by atoms with Crippen LogP contribution in [0.1, 0.15) is 32.6 Å². The van der Waals surface area contributed by atoms with E-state index in [0.29, 0.717) is 0 Å². The highest BCUT2D eigenvalue weighted by molar-refractivity contribution is 8.00. The van der Waals surface area contributed by atoms with Gasteiger partial charge in [0.2, 0.25) is 5.95 Å². The molecule has 128 valence electrons. The molecule has 1 aromatic heterocycles. The van der Waals surface area contributed by atoms with Crippen LogP contribution in [0.4, 0.5) is 5.95 Å². The van der Waals surface area contributed by atoms with Gasteiger partial charge in [0.15, 0.2) is 5.16 Å². The molecule has 1 aromatic rings. The van der Waals surface area contributed by atoms with E-state index >= 15 is 0 Å². The van der Waals surface area contributed by atoms with Crippen LogP contribution in [0.25, 0.3) is 0 Å². The number of aromatic nitrogens is 3. The Balaban J connectivity index is 1.80. The molecular weight excluding hydrogens is 316 g/mol. The highest BCUT2D eigenvalue weighted by Gasteiger charge is 2.27. The molecular formula is C15H24N4O3S. The van der Waals surface area contributed by atoms with Gasteiger partial charge in [-0.1, -0.05) is 11.8 Å². The van der Waals surface area contributed by atoms with Gasteiger partial charge in [-0.15, -0.1) is 10.2 Å². The van der Waals surface area contributed by atoms with E-state index in [1.165, 1.54) is 31.7 Å². The SMILES string of the molecule is COC(=O)[C@H](C)Sc1nnc(N2CCCC2)n1C[C@@H]1CCCO1. The molecule has 0 saturated carbocycles. The maximum absolute atomic E-state index is 11.7. The zero-order valence-corrected chi connectivity index (χ0v) is 14.5. The van der Waals surface area contributed by atoms with Crippen molar-refractivity contribution in [2.75, 3.05) is 31.7 Å². The monoisotopic (exact) mass is 340 g/mol. The normalized spacial score (nSPS) is 22.5. The number of hydrogen-bond donors (Lipinski definition) is 0. The van der Waals surface area contributed by atoms with Crippen molar-refractivity contribution in [1.29, 1.82) is 0 Å². The highest BCUT2D eigenvalue weighted by atomic mass is 32.2. The summed E-state index contributed by atoms with van der Waals surface area (Å²) >= 11 is 1.40. The van der Waals surface area contributed by atoms with Gasteiger partial charge in [-0.3, -0.25) is 9.36 Å². The summed E-state index contributed by atoms with van der Waals surface area (Å²) in [4.78, 5) is 14.0. The summed E-state index contributed by atoms with van der Waals surface area (Å²) in [7, 11) is 1.41. The van der Waals surface area contributed by atoms with E-state index in [-0.39, 0.29) is 17.3 Å². The van der Waals surface area contributed by atoms with E-state index in [1.807, 2.05) is 6.92 Å². The van der Waals surface area contributed by atoms with Crippen molar-refractivity contribution in [3.63, 3.8) is 0 Å². The first-order chi connectivity index (χ1) is 11.2. The van der Waals surface area contributed by atoms with Crippen molar-refractivity contribution < 1.29 is 14.3 Å². The predicted octanol–water partition coefficient (Wildman–Crippen LogP) is 1.71. The fourth-order valence-electron chi connectivity index (χ4n) is 3.04. The quantitative estimate of drug-likeness (QED) is 0.577. The number of anilines is 1. The first-order valence-corrected chi connectivity index (χ1v) is 9.11. The third-order valence-electron chi connectivity index (χ3n) is 4.31. The molecule has 2 fully saturated rings. The van der Waals surface area contributed by atoms with Gasteiger partial charge in [-0.25, -0.2) is 0 Å². The van der Waals surface area contributed by atoms with Crippen LogP contribution in [0.3, 0.4) is 0 Å². The molecule has 2 saturated heterocycles. The molecule has 0 amide bonds. The molecule has 8 heteroatoms. The fraction of sp³-hybridized carbons (Fsp3) is 0.800. The van der Waals surface area contributed by atoms with Gasteiger partial charge in [-0.2, -0.15) is 0 Å². The summed E-state index contributed by atoms with van der Waals surface area (Å²) in [6.07, 6.45) is 4.75. The summed E-state index contributed by atoms with van der Waals surface area (Å²) < 4.78 is 12.7. The van der Waals surface area contributed by atoms with Crippen molar-refractivity contribution in [3.8, 4) is 0 Å². The minimum absolute atomic E-state index is 0.208. The van der Waals surface area contributed by atoms with Crippen molar-refractivity contribution >= 4 is 23.7 Å². The van der Waals surface area contributed by atoms with Crippen molar-refractivity contribution in [3.05, 3.63) is 0 Å². The second kappa shape index (κ2) is 7.53. The smallest absolute Gasteiger partial charge is 0.318 e. The molecule has 0 aromatic carbocycles. The van der Waals surface area contributed by atoms with Crippen molar-refractivity contribution in [2.24, 2.45) is 0 Å². The number of hydrogen-bond acceptors (Lipinski definition) is 7. The first kappa shape index (κ1) is 16.6. The largest absolute Gasteiger partial charge is 0.468 e. The summed E-state index contributed by atoms with van der Waals surface area (Å²) in [5.41, 5.74) is 0. The van der Waals surface area contributed by atoms with E-state index in [9.17, 15) is 4.79 Å². The number of thioether (sulfide) groups is 1. The molecule has 0 aliphatic carbocycles. The lowest BCUT2D eigenvalue weighted by atomic mass is 10.2. The lowest BCUT2D eigenvalue weighted by Crippen LogP contribution is -2.25. The second-order valence-electron chi connectivity index (χ2n) is 6.01. The van der Waals surface area contributed by atoms with Crippen LogP contribution >= 0.6 is 11.8 Å². The Morgan fingerprint density at radius 2 is 2.17 bits per heavy atom. The van der Waals surface area contributed by atoms with Crippen LogP contribution in [-0.4, -0.2) is 58.9 Å². The van der Waals surface area contributed by atoms with Gasteiger partial charge in [-0.05, 0) is 32.6 Å². The van der Waals surface area contributed by atoms with Crippen LogP contribution < -0.4 is 4.90 Å². The van der Waals surface area contributed by atoms with Gasteiger partial charge in [0.25, 0.3) is 0 Å². The van der Waals surface area contributed by atoms with Crippen LogP contribution in [0.15, 0.2) is 5.16 Å². The van der Waals surface area contributed by atoms with E-state index in [0.717, 1.165) is 50.2 Å². The third-order valence-corrected chi connectivity index (χ3v) is 5.37. The second-order valence-corrected chi connectivity index (χ2v) is 7.31. The standard InChI is InChI=1S/C15H24N4O3S/c1-11(13(20)21-2)23-15-17-16-14(18-7-3-4-8-18)19(15)10-12-6-5-9-22-12/h11-12H,3-10H2,1-2H3/t11-,12-/m0/s1.